The van der Waals surface area contributed by atoms with Crippen molar-refractivity contribution in [3.05, 3.63) is 0 Å². The number of rotatable bonds is 0. The molecular weight excluding hydrogens is 102 g/mol. The maximum Gasteiger partial charge on any atom is 0.324 e. The van der Waals surface area contributed by atoms with Crippen LogP contribution in [0.15, 0.2) is 0 Å². The molecule has 5 heteroatoms. The van der Waals surface area contributed by atoms with Crippen LogP contribution >= 0.6 is 8.60 Å². The minimum Gasteiger partial charge on any atom is -0.328 e. The molecule has 0 rings (SSSR count). The fourth-order valence-electron chi connectivity index (χ4n) is 0. The molecule has 0 saturated heterocycles. The van der Waals surface area contributed by atoms with Gasteiger partial charge >= 0.3 is 8.60 Å². The third kappa shape index (κ3) is 33.9. The minimum atomic E-state index is -2.62. The van der Waals surface area contributed by atoms with E-state index in [0.29, 0.717) is 0 Å². The van der Waals surface area contributed by atoms with Crippen LogP contribution in [0.4, 0.5) is 0 Å². The second-order valence-electron chi connectivity index (χ2n) is 0.268. The first-order valence-electron chi connectivity index (χ1n) is 0.600. The topological polar surface area (TPSA) is 60.7 Å². The van der Waals surface area contributed by atoms with Crippen LogP contribution in [0, 0.1) is 0 Å². The molecular formula is H3NaO3P. The molecule has 0 aliphatic heterocycles. The molecule has 0 fully saturated rings. The fourth-order valence-corrected chi connectivity index (χ4v) is 0. The van der Waals surface area contributed by atoms with E-state index in [9.17, 15) is 0 Å². The van der Waals surface area contributed by atoms with Gasteiger partial charge in [-0.1, -0.05) is 0 Å². The van der Waals surface area contributed by atoms with E-state index < -0.39 is 8.60 Å². The van der Waals surface area contributed by atoms with Crippen LogP contribution in [0.1, 0.15) is 0 Å². The first-order chi connectivity index (χ1) is 1.73. The summed E-state index contributed by atoms with van der Waals surface area (Å²) in [6.45, 7) is 0. The monoisotopic (exact) mass is 105 g/mol. The summed E-state index contributed by atoms with van der Waals surface area (Å²) in [7, 11) is -2.62. The smallest absolute Gasteiger partial charge is 0.324 e. The summed E-state index contributed by atoms with van der Waals surface area (Å²) in [6, 6.07) is 0. The number of hydrogen-bond acceptors (Lipinski definition) is 3. The summed E-state index contributed by atoms with van der Waals surface area (Å²) >= 11 is 0. The van der Waals surface area contributed by atoms with Crippen molar-refractivity contribution in [3.8, 4) is 0 Å². The second-order valence-corrected chi connectivity index (χ2v) is 0.805. The molecule has 0 unspecified atom stereocenters. The van der Waals surface area contributed by atoms with Crippen molar-refractivity contribution in [1.29, 1.82) is 0 Å². The molecule has 5 heavy (non-hydrogen) atoms. The third-order valence-electron chi connectivity index (χ3n) is 0. The molecule has 0 aliphatic rings. The van der Waals surface area contributed by atoms with Crippen LogP contribution in [-0.2, 0) is 0 Å². The van der Waals surface area contributed by atoms with Gasteiger partial charge in [0.15, 0.2) is 0 Å². The van der Waals surface area contributed by atoms with Crippen molar-refractivity contribution >= 4 is 38.2 Å². The Morgan fingerprint density at radius 3 is 1.00 bits per heavy atom. The molecule has 3 nitrogen and oxygen atoms in total. The fraction of sp³-hybridized carbons (Fsp3) is 0. The molecule has 3 N–H and O–H groups in total. The largest absolute Gasteiger partial charge is 0.328 e. The summed E-state index contributed by atoms with van der Waals surface area (Å²) in [4.78, 5) is 21.7. The molecule has 1 radical (unpaired) electrons. The summed E-state index contributed by atoms with van der Waals surface area (Å²) in [5.41, 5.74) is 0. The Balaban J connectivity index is 0. The van der Waals surface area contributed by atoms with Crippen molar-refractivity contribution in [2.75, 3.05) is 0 Å². The molecule has 0 bridgehead atoms. The molecule has 0 heterocycles. The third-order valence-corrected chi connectivity index (χ3v) is 0. The summed E-state index contributed by atoms with van der Waals surface area (Å²) in [5, 5.41) is 0. The van der Waals surface area contributed by atoms with Gasteiger partial charge in [0.1, 0.15) is 0 Å². The maximum absolute atomic E-state index is 7.23. The van der Waals surface area contributed by atoms with Gasteiger partial charge in [0.25, 0.3) is 0 Å². The van der Waals surface area contributed by atoms with Gasteiger partial charge in [0.05, 0.1) is 0 Å². The predicted molar refractivity (Wildman–Crippen MR) is 19.3 cm³/mol. The molecule has 27 valence electrons. The summed E-state index contributed by atoms with van der Waals surface area (Å²) < 4.78 is 0. The zero-order chi connectivity index (χ0) is 3.58. The predicted octanol–water partition coefficient (Wildman–Crippen LogP) is -1.19. The molecule has 0 aromatic carbocycles. The van der Waals surface area contributed by atoms with E-state index >= 15 is 0 Å². The molecule has 0 aromatic heterocycles. The van der Waals surface area contributed by atoms with Crippen LogP contribution in [0.2, 0.25) is 0 Å². The van der Waals surface area contributed by atoms with E-state index in [1.165, 1.54) is 0 Å². The zero-order valence-corrected chi connectivity index (χ0v) is 5.68. The van der Waals surface area contributed by atoms with Crippen LogP contribution in [0.5, 0.6) is 0 Å². The maximum atomic E-state index is 7.23. The normalized spacial score (nSPS) is 7.20. The Morgan fingerprint density at radius 2 is 1.00 bits per heavy atom. The van der Waals surface area contributed by atoms with Crippen molar-refractivity contribution in [3.63, 3.8) is 0 Å². The average molecular weight is 105 g/mol. The Kier molecular flexibility index (Phi) is 10.2. The van der Waals surface area contributed by atoms with Crippen molar-refractivity contribution in [2.24, 2.45) is 0 Å². The zero-order valence-electron chi connectivity index (χ0n) is 2.79. The van der Waals surface area contributed by atoms with Crippen LogP contribution in [0.3, 0.4) is 0 Å². The van der Waals surface area contributed by atoms with E-state index in [1.54, 1.807) is 0 Å². The van der Waals surface area contributed by atoms with E-state index in [1.807, 2.05) is 0 Å². The molecule has 0 aromatic rings. The average Bonchev–Trinajstić information content (AvgIpc) is 0.811. The van der Waals surface area contributed by atoms with E-state index in [0.717, 1.165) is 0 Å². The Labute approximate surface area is 52.9 Å². The van der Waals surface area contributed by atoms with Gasteiger partial charge in [-0.3, -0.25) is 0 Å². The van der Waals surface area contributed by atoms with Gasteiger partial charge in [0.2, 0.25) is 0 Å². The van der Waals surface area contributed by atoms with Crippen LogP contribution in [-0.4, -0.2) is 44.2 Å². The Morgan fingerprint density at radius 1 is 1.00 bits per heavy atom. The molecule has 0 spiro atoms. The Hall–Kier alpha value is 1.31. The molecule has 0 saturated carbocycles. The second kappa shape index (κ2) is 5.31. The van der Waals surface area contributed by atoms with E-state index in [4.69, 9.17) is 14.7 Å². The standard InChI is InChI=1S/Na.H3O3P/c;1-4(2)3/h;1-3H. The first-order valence-corrected chi connectivity index (χ1v) is 1.80. The van der Waals surface area contributed by atoms with Gasteiger partial charge in [-0.15, -0.1) is 0 Å². The van der Waals surface area contributed by atoms with E-state index in [-0.39, 0.29) is 29.6 Å². The molecule has 0 atom stereocenters. The van der Waals surface area contributed by atoms with Crippen molar-refractivity contribution in [2.45, 2.75) is 0 Å². The van der Waals surface area contributed by atoms with Crippen molar-refractivity contribution < 1.29 is 14.7 Å². The minimum absolute atomic E-state index is 0. The van der Waals surface area contributed by atoms with E-state index in [2.05, 4.69) is 0 Å². The van der Waals surface area contributed by atoms with Crippen LogP contribution in [0.25, 0.3) is 0 Å². The Bertz CT molecular complexity index is 11.6. The van der Waals surface area contributed by atoms with Gasteiger partial charge < -0.3 is 14.7 Å². The number of hydrogen-bond donors (Lipinski definition) is 3. The van der Waals surface area contributed by atoms with Gasteiger partial charge in [-0.05, 0) is 0 Å². The summed E-state index contributed by atoms with van der Waals surface area (Å²) in [6.07, 6.45) is 0. The van der Waals surface area contributed by atoms with Gasteiger partial charge in [0, 0.05) is 29.6 Å². The first kappa shape index (κ1) is 9.58. The quantitative estimate of drug-likeness (QED) is 0.268. The molecule has 0 aliphatic carbocycles. The SMILES string of the molecule is OP(O)O.[Na]. The van der Waals surface area contributed by atoms with Gasteiger partial charge in [-0.2, -0.15) is 0 Å². The molecule has 0 amide bonds. The van der Waals surface area contributed by atoms with Crippen LogP contribution < -0.4 is 0 Å². The van der Waals surface area contributed by atoms with Gasteiger partial charge in [-0.25, -0.2) is 0 Å². The summed E-state index contributed by atoms with van der Waals surface area (Å²) in [5.74, 6) is 0. The van der Waals surface area contributed by atoms with Crippen molar-refractivity contribution in [1.82, 2.24) is 0 Å².